The van der Waals surface area contributed by atoms with E-state index in [4.69, 9.17) is 4.74 Å². The molecule has 2 aliphatic rings. The number of hydrogen-bond donors (Lipinski definition) is 0. The maximum absolute atomic E-state index is 13.1. The number of rotatable bonds is 4. The van der Waals surface area contributed by atoms with Gasteiger partial charge in [0.05, 0.1) is 17.3 Å². The Bertz CT molecular complexity index is 1130. The fourth-order valence-corrected chi connectivity index (χ4v) is 7.29. The highest BCUT2D eigenvalue weighted by molar-refractivity contribution is 7.92. The molecule has 3 aromatic rings. The Morgan fingerprint density at radius 2 is 2.14 bits per heavy atom. The molecule has 1 saturated heterocycles. The Kier molecular flexibility index (Phi) is 4.26. The van der Waals surface area contributed by atoms with Crippen LogP contribution in [0.2, 0.25) is 0 Å². The summed E-state index contributed by atoms with van der Waals surface area (Å²) in [5, 5.41) is 3.84. The zero-order valence-corrected chi connectivity index (χ0v) is 17.0. The molecule has 2 aliphatic heterocycles. The Balaban J connectivity index is 1.52. The van der Waals surface area contributed by atoms with E-state index in [1.54, 1.807) is 30.7 Å². The van der Waals surface area contributed by atoms with Crippen molar-refractivity contribution in [2.75, 3.05) is 20.2 Å². The van der Waals surface area contributed by atoms with Crippen molar-refractivity contribution in [3.05, 3.63) is 64.5 Å². The molecular formula is C21H20N2O3S2. The average molecular weight is 413 g/mol. The molecule has 0 N–H and O–H groups in total. The first-order valence-electron chi connectivity index (χ1n) is 9.18. The monoisotopic (exact) mass is 412 g/mol. The highest BCUT2D eigenvalue weighted by Gasteiger charge is 2.50. The van der Waals surface area contributed by atoms with Crippen molar-refractivity contribution in [2.24, 2.45) is 0 Å². The molecule has 1 aromatic carbocycles. The summed E-state index contributed by atoms with van der Waals surface area (Å²) >= 11 is 1.67. The van der Waals surface area contributed by atoms with Crippen molar-refractivity contribution >= 4 is 21.2 Å². The van der Waals surface area contributed by atoms with Gasteiger partial charge >= 0.3 is 0 Å². The quantitative estimate of drug-likeness (QED) is 0.656. The van der Waals surface area contributed by atoms with Crippen LogP contribution in [0.5, 0.6) is 5.88 Å². The summed E-state index contributed by atoms with van der Waals surface area (Å²) in [5.74, 6) is 0.562. The lowest BCUT2D eigenvalue weighted by Crippen LogP contribution is -2.25. The van der Waals surface area contributed by atoms with Crippen LogP contribution in [0.15, 0.2) is 58.3 Å². The zero-order chi connectivity index (χ0) is 19.3. The van der Waals surface area contributed by atoms with Gasteiger partial charge in [0, 0.05) is 37.3 Å². The summed E-state index contributed by atoms with van der Waals surface area (Å²) in [5.41, 5.74) is 4.00. The van der Waals surface area contributed by atoms with E-state index in [1.165, 1.54) is 5.56 Å². The molecule has 0 amide bonds. The topological polar surface area (TPSA) is 59.5 Å². The Morgan fingerprint density at radius 3 is 2.93 bits per heavy atom. The zero-order valence-electron chi connectivity index (χ0n) is 15.4. The van der Waals surface area contributed by atoms with Crippen LogP contribution in [-0.4, -0.2) is 43.8 Å². The van der Waals surface area contributed by atoms with Gasteiger partial charge in [-0.3, -0.25) is 4.90 Å². The summed E-state index contributed by atoms with van der Waals surface area (Å²) in [6.07, 6.45) is 1.69. The number of pyridine rings is 1. The van der Waals surface area contributed by atoms with Crippen LogP contribution in [-0.2, 0) is 16.4 Å². The van der Waals surface area contributed by atoms with E-state index in [2.05, 4.69) is 26.7 Å². The number of sulfone groups is 1. The van der Waals surface area contributed by atoms with Crippen LogP contribution in [0.1, 0.15) is 17.0 Å². The lowest BCUT2D eigenvalue weighted by molar-refractivity contribution is 0.326. The van der Waals surface area contributed by atoms with Crippen LogP contribution < -0.4 is 4.74 Å². The number of thiophene rings is 1. The number of methoxy groups -OCH3 is 1. The van der Waals surface area contributed by atoms with Gasteiger partial charge in [0.2, 0.25) is 5.88 Å². The first kappa shape index (κ1) is 17.8. The molecule has 5 nitrogen and oxygen atoms in total. The first-order valence-corrected chi connectivity index (χ1v) is 11.7. The van der Waals surface area contributed by atoms with Gasteiger partial charge in [0.1, 0.15) is 0 Å². The van der Waals surface area contributed by atoms with Crippen LogP contribution in [0.3, 0.4) is 0 Å². The van der Waals surface area contributed by atoms with Gasteiger partial charge in [-0.15, -0.1) is 0 Å². The number of fused-ring (bicyclic) bond motifs is 3. The third-order valence-electron chi connectivity index (χ3n) is 5.72. The molecule has 0 radical (unpaired) electrons. The van der Waals surface area contributed by atoms with Crippen LogP contribution in [0, 0.1) is 0 Å². The van der Waals surface area contributed by atoms with Crippen LogP contribution in [0.4, 0.5) is 0 Å². The number of likely N-dealkylation sites (tertiary alicyclic amines) is 1. The molecular weight excluding hydrogens is 392 g/mol. The molecule has 144 valence electrons. The third-order valence-corrected chi connectivity index (χ3v) is 8.71. The highest BCUT2D eigenvalue weighted by atomic mass is 32.2. The molecule has 2 aromatic heterocycles. The van der Waals surface area contributed by atoms with Gasteiger partial charge in [-0.05, 0) is 57.8 Å². The van der Waals surface area contributed by atoms with E-state index in [0.29, 0.717) is 17.3 Å². The number of hydrogen-bond acceptors (Lipinski definition) is 6. The van der Waals surface area contributed by atoms with Gasteiger partial charge in [-0.1, -0.05) is 6.07 Å². The second kappa shape index (κ2) is 6.69. The predicted octanol–water partition coefficient (Wildman–Crippen LogP) is 3.57. The summed E-state index contributed by atoms with van der Waals surface area (Å²) in [6, 6.07) is 11.6. The second-order valence-electron chi connectivity index (χ2n) is 7.33. The Labute approximate surface area is 168 Å². The number of nitrogens with zero attached hydrogens (tertiary/aromatic N) is 2. The fourth-order valence-electron chi connectivity index (χ4n) is 4.44. The molecule has 0 saturated carbocycles. The number of aromatic nitrogens is 1. The number of benzene rings is 1. The molecule has 0 spiro atoms. The lowest BCUT2D eigenvalue weighted by Gasteiger charge is -2.17. The molecule has 4 heterocycles. The number of ether oxygens (including phenoxy) is 1. The van der Waals surface area contributed by atoms with E-state index < -0.39 is 9.84 Å². The summed E-state index contributed by atoms with van der Waals surface area (Å²) < 4.78 is 31.6. The molecule has 28 heavy (non-hydrogen) atoms. The van der Waals surface area contributed by atoms with E-state index in [-0.39, 0.29) is 11.2 Å². The lowest BCUT2D eigenvalue weighted by atomic mass is 9.95. The molecule has 7 heteroatoms. The molecule has 5 rings (SSSR count). The smallest absolute Gasteiger partial charge is 0.221 e. The maximum atomic E-state index is 13.1. The van der Waals surface area contributed by atoms with Crippen molar-refractivity contribution in [1.29, 1.82) is 0 Å². The Morgan fingerprint density at radius 1 is 1.25 bits per heavy atom. The highest BCUT2D eigenvalue weighted by Crippen LogP contribution is 2.46. The molecule has 1 fully saturated rings. The predicted molar refractivity (Wildman–Crippen MR) is 110 cm³/mol. The van der Waals surface area contributed by atoms with Crippen LogP contribution >= 0.6 is 11.3 Å². The average Bonchev–Trinajstić information content (AvgIpc) is 3.41. The van der Waals surface area contributed by atoms with Gasteiger partial charge < -0.3 is 4.74 Å². The largest absolute Gasteiger partial charge is 0.481 e. The minimum atomic E-state index is -3.30. The van der Waals surface area contributed by atoms with Crippen molar-refractivity contribution in [1.82, 2.24) is 9.88 Å². The standard InChI is InChI=1S/C21H20N2O3S2/c1-26-21-16(3-2-7-22-21)15-4-5-19-17(9-15)18-11-23(10-14-6-8-27-13-14)12-20(18)28(19,24)25/h2-9,13,18,20H,10-12H2,1H3/t18-,20+/m0/s1. The van der Waals surface area contributed by atoms with E-state index in [9.17, 15) is 8.42 Å². The minimum Gasteiger partial charge on any atom is -0.481 e. The maximum Gasteiger partial charge on any atom is 0.221 e. The van der Waals surface area contributed by atoms with Crippen molar-refractivity contribution in [3.63, 3.8) is 0 Å². The van der Waals surface area contributed by atoms with Gasteiger partial charge in [-0.2, -0.15) is 11.3 Å². The minimum absolute atomic E-state index is 0.0150. The third kappa shape index (κ3) is 2.77. The van der Waals surface area contributed by atoms with Crippen molar-refractivity contribution < 1.29 is 13.2 Å². The van der Waals surface area contributed by atoms with E-state index >= 15 is 0 Å². The Hall–Kier alpha value is -2.22. The van der Waals surface area contributed by atoms with E-state index in [1.807, 2.05) is 24.3 Å². The molecule has 0 aliphatic carbocycles. The van der Waals surface area contributed by atoms with Gasteiger partial charge in [-0.25, -0.2) is 13.4 Å². The van der Waals surface area contributed by atoms with Gasteiger partial charge in [0.15, 0.2) is 9.84 Å². The second-order valence-corrected chi connectivity index (χ2v) is 10.2. The molecule has 0 unspecified atom stereocenters. The van der Waals surface area contributed by atoms with Crippen molar-refractivity contribution in [2.45, 2.75) is 22.6 Å². The van der Waals surface area contributed by atoms with Crippen molar-refractivity contribution in [3.8, 4) is 17.0 Å². The summed E-state index contributed by atoms with van der Waals surface area (Å²) in [7, 11) is -1.70. The van der Waals surface area contributed by atoms with Crippen LogP contribution in [0.25, 0.3) is 11.1 Å². The van der Waals surface area contributed by atoms with Gasteiger partial charge in [0.25, 0.3) is 0 Å². The SMILES string of the molecule is COc1ncccc1-c1ccc2c(c1)[C@@H]1CN(Cc3ccsc3)C[C@H]1S2(=O)=O. The summed E-state index contributed by atoms with van der Waals surface area (Å²) in [6.45, 7) is 2.15. The van der Waals surface area contributed by atoms with E-state index in [0.717, 1.165) is 29.8 Å². The fraction of sp³-hybridized carbons (Fsp3) is 0.286. The summed E-state index contributed by atoms with van der Waals surface area (Å²) in [4.78, 5) is 7.02. The first-order chi connectivity index (χ1) is 13.6. The normalized spacial score (nSPS) is 22.8. The molecule has 0 bridgehead atoms. The molecule has 2 atom stereocenters.